The van der Waals surface area contributed by atoms with Gasteiger partial charge in [-0.25, -0.2) is 0 Å². The molecule has 80 valence electrons. The summed E-state index contributed by atoms with van der Waals surface area (Å²) in [7, 11) is -1.03. The summed E-state index contributed by atoms with van der Waals surface area (Å²) in [5, 5.41) is 0.0266. The Morgan fingerprint density at radius 2 is 1.93 bits per heavy atom. The number of hydrogen-bond donors (Lipinski definition) is 0. The summed E-state index contributed by atoms with van der Waals surface area (Å²) in [6.07, 6.45) is 1.83. The van der Waals surface area contributed by atoms with Crippen LogP contribution in [0.15, 0.2) is 33.6 Å². The van der Waals surface area contributed by atoms with Crippen LogP contribution in [0.1, 0.15) is 19.3 Å². The minimum atomic E-state index is -1.03. The number of halogens is 1. The van der Waals surface area contributed by atoms with E-state index in [1.165, 1.54) is 0 Å². The Labute approximate surface area is 99.7 Å². The summed E-state index contributed by atoms with van der Waals surface area (Å²) in [6.45, 7) is 0. The molecule has 0 saturated heterocycles. The molecule has 1 aromatic carbocycles. The highest BCUT2D eigenvalue weighted by Crippen LogP contribution is 2.25. The zero-order chi connectivity index (χ0) is 10.8. The summed E-state index contributed by atoms with van der Waals surface area (Å²) in [4.78, 5) is 11.9. The van der Waals surface area contributed by atoms with Crippen molar-refractivity contribution in [3.63, 3.8) is 0 Å². The molecule has 0 aliphatic heterocycles. The monoisotopic (exact) mass is 286 g/mol. The van der Waals surface area contributed by atoms with Crippen LogP contribution < -0.4 is 0 Å². The maximum Gasteiger partial charge on any atom is 0.134 e. The zero-order valence-corrected chi connectivity index (χ0v) is 10.5. The minimum Gasteiger partial charge on any atom is -0.300 e. The van der Waals surface area contributed by atoms with Gasteiger partial charge in [0.25, 0.3) is 0 Å². The van der Waals surface area contributed by atoms with Crippen LogP contribution in [0, 0.1) is 0 Å². The third kappa shape index (κ3) is 2.55. The molecule has 1 fully saturated rings. The van der Waals surface area contributed by atoms with Crippen LogP contribution in [0.2, 0.25) is 0 Å². The van der Waals surface area contributed by atoms with Gasteiger partial charge in [-0.3, -0.25) is 9.00 Å². The Kier molecular flexibility index (Phi) is 3.36. The first-order valence-corrected chi connectivity index (χ1v) is 6.85. The van der Waals surface area contributed by atoms with Gasteiger partial charge in [-0.1, -0.05) is 15.9 Å². The highest BCUT2D eigenvalue weighted by Gasteiger charge is 2.27. The van der Waals surface area contributed by atoms with Crippen molar-refractivity contribution in [2.24, 2.45) is 0 Å². The summed E-state index contributed by atoms with van der Waals surface area (Å²) in [6, 6.07) is 7.46. The number of carbonyl (C=O) groups excluding carboxylic acids is 1. The Bertz CT molecular complexity index is 400. The molecule has 0 heterocycles. The van der Waals surface area contributed by atoms with Gasteiger partial charge >= 0.3 is 0 Å². The number of carbonyl (C=O) groups is 1. The molecule has 1 saturated carbocycles. The maximum absolute atomic E-state index is 12.0. The van der Waals surface area contributed by atoms with E-state index < -0.39 is 10.8 Å². The standard InChI is InChI=1S/C11H11BrO2S/c12-8-1-4-10(5-2-8)15(14)11-6-3-9(13)7-11/h1-2,4-5,11H,3,6-7H2. The summed E-state index contributed by atoms with van der Waals surface area (Å²) >= 11 is 3.33. The molecule has 2 nitrogen and oxygen atoms in total. The summed E-state index contributed by atoms with van der Waals surface area (Å²) < 4.78 is 13.0. The zero-order valence-electron chi connectivity index (χ0n) is 8.11. The van der Waals surface area contributed by atoms with E-state index in [0.717, 1.165) is 15.8 Å². The molecule has 1 aliphatic rings. The van der Waals surface area contributed by atoms with Crippen LogP contribution >= 0.6 is 15.9 Å². The molecule has 15 heavy (non-hydrogen) atoms. The molecule has 1 aliphatic carbocycles. The first-order valence-electron chi connectivity index (χ1n) is 4.84. The molecular formula is C11H11BrO2S. The fourth-order valence-electron chi connectivity index (χ4n) is 1.72. The molecule has 0 aromatic heterocycles. The van der Waals surface area contributed by atoms with Gasteiger partial charge < -0.3 is 0 Å². The number of ketones is 1. The minimum absolute atomic E-state index is 0.0266. The molecule has 1 aromatic rings. The molecule has 0 bridgehead atoms. The third-order valence-corrected chi connectivity index (χ3v) is 4.82. The topological polar surface area (TPSA) is 34.1 Å². The van der Waals surface area contributed by atoms with Gasteiger partial charge in [-0.2, -0.15) is 0 Å². The van der Waals surface area contributed by atoms with E-state index in [0.29, 0.717) is 12.8 Å². The molecule has 4 heteroatoms. The van der Waals surface area contributed by atoms with Crippen molar-refractivity contribution in [3.05, 3.63) is 28.7 Å². The normalized spacial score (nSPS) is 23.0. The van der Waals surface area contributed by atoms with Gasteiger partial charge in [0.05, 0.1) is 10.8 Å². The van der Waals surface area contributed by atoms with Crippen LogP contribution in [0.5, 0.6) is 0 Å². The average molecular weight is 287 g/mol. The van der Waals surface area contributed by atoms with Crippen LogP contribution in [-0.2, 0) is 15.6 Å². The molecule has 2 atom stereocenters. The van der Waals surface area contributed by atoms with Crippen LogP contribution in [0.3, 0.4) is 0 Å². The second-order valence-electron chi connectivity index (χ2n) is 3.65. The Balaban J connectivity index is 2.14. The number of Topliss-reactive ketones (excluding diaryl/α,β-unsaturated/α-hetero) is 1. The predicted molar refractivity (Wildman–Crippen MR) is 63.2 cm³/mol. The van der Waals surface area contributed by atoms with Gasteiger partial charge in [0, 0.05) is 27.5 Å². The lowest BCUT2D eigenvalue weighted by Gasteiger charge is -2.07. The van der Waals surface area contributed by atoms with Crippen molar-refractivity contribution in [2.75, 3.05) is 0 Å². The molecule has 0 N–H and O–H groups in total. The first kappa shape index (κ1) is 11.0. The van der Waals surface area contributed by atoms with E-state index in [9.17, 15) is 9.00 Å². The lowest BCUT2D eigenvalue weighted by molar-refractivity contribution is -0.117. The smallest absolute Gasteiger partial charge is 0.134 e. The van der Waals surface area contributed by atoms with Crippen molar-refractivity contribution >= 4 is 32.5 Å². The highest BCUT2D eigenvalue weighted by molar-refractivity contribution is 9.10. The molecule has 0 radical (unpaired) electrons. The van der Waals surface area contributed by atoms with Gasteiger partial charge in [0.15, 0.2) is 0 Å². The van der Waals surface area contributed by atoms with Crippen LogP contribution in [0.25, 0.3) is 0 Å². The summed E-state index contributed by atoms with van der Waals surface area (Å²) in [5.74, 6) is 0.241. The second kappa shape index (κ2) is 4.58. The van der Waals surface area contributed by atoms with Crippen molar-refractivity contribution in [3.8, 4) is 0 Å². The van der Waals surface area contributed by atoms with Gasteiger partial charge in [0.2, 0.25) is 0 Å². The summed E-state index contributed by atoms with van der Waals surface area (Å²) in [5.41, 5.74) is 0. The van der Waals surface area contributed by atoms with E-state index in [1.807, 2.05) is 24.3 Å². The Hall–Kier alpha value is -0.480. The van der Waals surface area contributed by atoms with Crippen LogP contribution in [-0.4, -0.2) is 15.2 Å². The average Bonchev–Trinajstić information content (AvgIpc) is 2.65. The van der Waals surface area contributed by atoms with Crippen molar-refractivity contribution in [2.45, 2.75) is 29.4 Å². The van der Waals surface area contributed by atoms with Crippen molar-refractivity contribution < 1.29 is 9.00 Å². The molecular weight excluding hydrogens is 276 g/mol. The Morgan fingerprint density at radius 3 is 2.47 bits per heavy atom. The number of hydrogen-bond acceptors (Lipinski definition) is 2. The quantitative estimate of drug-likeness (QED) is 0.838. The molecule has 2 unspecified atom stereocenters. The highest BCUT2D eigenvalue weighted by atomic mass is 79.9. The predicted octanol–water partition coefficient (Wildman–Crippen LogP) is 2.68. The van der Waals surface area contributed by atoms with Gasteiger partial charge in [0.1, 0.15) is 5.78 Å². The SMILES string of the molecule is O=C1CCC(S(=O)c2ccc(Br)cc2)C1. The largest absolute Gasteiger partial charge is 0.300 e. The van der Waals surface area contributed by atoms with Crippen molar-refractivity contribution in [1.29, 1.82) is 0 Å². The third-order valence-electron chi connectivity index (χ3n) is 2.55. The van der Waals surface area contributed by atoms with Gasteiger partial charge in [-0.15, -0.1) is 0 Å². The van der Waals surface area contributed by atoms with E-state index in [1.54, 1.807) is 0 Å². The fraction of sp³-hybridized carbons (Fsp3) is 0.364. The van der Waals surface area contributed by atoms with Crippen LogP contribution in [0.4, 0.5) is 0 Å². The lowest BCUT2D eigenvalue weighted by Crippen LogP contribution is -2.11. The van der Waals surface area contributed by atoms with E-state index in [4.69, 9.17) is 0 Å². The molecule has 0 amide bonds. The molecule has 0 spiro atoms. The second-order valence-corrected chi connectivity index (χ2v) is 6.30. The fourth-order valence-corrected chi connectivity index (χ4v) is 3.45. The lowest BCUT2D eigenvalue weighted by atomic mass is 10.4. The van der Waals surface area contributed by atoms with E-state index in [-0.39, 0.29) is 11.0 Å². The molecule has 2 rings (SSSR count). The number of benzene rings is 1. The Morgan fingerprint density at radius 1 is 1.27 bits per heavy atom. The first-order chi connectivity index (χ1) is 7.16. The maximum atomic E-state index is 12.0. The number of rotatable bonds is 2. The van der Waals surface area contributed by atoms with Gasteiger partial charge in [-0.05, 0) is 30.7 Å². The van der Waals surface area contributed by atoms with E-state index >= 15 is 0 Å². The van der Waals surface area contributed by atoms with Crippen molar-refractivity contribution in [1.82, 2.24) is 0 Å². The van der Waals surface area contributed by atoms with E-state index in [2.05, 4.69) is 15.9 Å².